The van der Waals surface area contributed by atoms with Gasteiger partial charge in [0.25, 0.3) is 0 Å². The van der Waals surface area contributed by atoms with Crippen molar-refractivity contribution in [3.05, 3.63) is 0 Å². The van der Waals surface area contributed by atoms with Gasteiger partial charge in [-0.2, -0.15) is 0 Å². The fourth-order valence-corrected chi connectivity index (χ4v) is 17.7. The third-order valence-corrected chi connectivity index (χ3v) is 22.5. The smallest absolute Gasteiger partial charge is 0.187 e. The fourth-order valence-electron chi connectivity index (χ4n) is 17.7. The minimum atomic E-state index is -2.19. The molecule has 29 heteroatoms. The van der Waals surface area contributed by atoms with Crippen molar-refractivity contribution in [2.45, 2.75) is 263 Å². The molecule has 0 aromatic carbocycles. The molecule has 6 unspecified atom stereocenters. The zero-order valence-electron chi connectivity index (χ0n) is 48.8. The summed E-state index contributed by atoms with van der Waals surface area (Å²) in [5.74, 6) is 2.09. The predicted octanol–water partition coefficient (Wildman–Crippen LogP) is -6.11. The number of hydrogen-bond donors (Lipinski definition) is 17. The van der Waals surface area contributed by atoms with Crippen LogP contribution in [0.4, 0.5) is 0 Å². The van der Waals surface area contributed by atoms with Crippen LogP contribution in [0.15, 0.2) is 0 Å². The van der Waals surface area contributed by atoms with Gasteiger partial charge in [-0.1, -0.05) is 27.7 Å². The lowest BCUT2D eigenvalue weighted by molar-refractivity contribution is -0.409. The first-order valence-corrected chi connectivity index (χ1v) is 30.9. The van der Waals surface area contributed by atoms with E-state index < -0.39 is 205 Å². The highest BCUT2D eigenvalue weighted by Gasteiger charge is 2.70. The van der Waals surface area contributed by atoms with Crippen molar-refractivity contribution in [3.8, 4) is 0 Å². The van der Waals surface area contributed by atoms with E-state index in [1.165, 1.54) is 0 Å². The Balaban J connectivity index is 0.767. The summed E-state index contributed by atoms with van der Waals surface area (Å²) in [4.78, 5) is 0. The Hall–Kier alpha value is -1.16. The summed E-state index contributed by atoms with van der Waals surface area (Å²) in [6.45, 7) is 5.35. The normalized spacial score (nSPS) is 57.5. The van der Waals surface area contributed by atoms with Crippen molar-refractivity contribution < 1.29 is 144 Å². The van der Waals surface area contributed by atoms with Gasteiger partial charge in [-0.05, 0) is 97.7 Å². The van der Waals surface area contributed by atoms with E-state index in [-0.39, 0.29) is 28.8 Å². The third-order valence-electron chi connectivity index (χ3n) is 22.5. The molecule has 1 spiro atoms. The lowest BCUT2D eigenvalue weighted by atomic mass is 9.44. The summed E-state index contributed by atoms with van der Waals surface area (Å²) in [6.07, 6.45) is -41.7. The molecule has 11 aliphatic rings. The number of ether oxygens (including phenoxy) is 12. The molecule has 4 aliphatic carbocycles. The monoisotopic (exact) mass is 1240 g/mol. The first kappa shape index (κ1) is 66.3. The average Bonchev–Trinajstić information content (AvgIpc) is 1.50. The summed E-state index contributed by atoms with van der Waals surface area (Å²) in [5, 5.41) is 186. The number of aliphatic hydroxyl groups is 17. The van der Waals surface area contributed by atoms with Crippen LogP contribution >= 0.6 is 0 Å². The van der Waals surface area contributed by atoms with Crippen LogP contribution in [0.5, 0.6) is 0 Å². The van der Waals surface area contributed by atoms with Gasteiger partial charge in [0.1, 0.15) is 122 Å². The number of aliphatic hydroxyl groups excluding tert-OH is 17. The Bertz CT molecular complexity index is 2230. The average molecular weight is 1240 g/mol. The summed E-state index contributed by atoms with van der Waals surface area (Å²) in [5.41, 5.74) is -0.131. The van der Waals surface area contributed by atoms with Gasteiger partial charge in [0.05, 0.1) is 58.0 Å². The van der Waals surface area contributed by atoms with Gasteiger partial charge in [0.15, 0.2) is 37.2 Å². The van der Waals surface area contributed by atoms with Crippen LogP contribution in [0.3, 0.4) is 0 Å². The van der Waals surface area contributed by atoms with Crippen molar-refractivity contribution in [1.82, 2.24) is 0 Å². The molecule has 0 bridgehead atoms. The van der Waals surface area contributed by atoms with Crippen molar-refractivity contribution in [2.75, 3.05) is 39.6 Å². The number of fused-ring (bicyclic) bond motifs is 7. The van der Waals surface area contributed by atoms with Crippen LogP contribution in [0.2, 0.25) is 0 Å². The Labute approximate surface area is 497 Å². The molecule has 7 aliphatic heterocycles. The van der Waals surface area contributed by atoms with E-state index in [2.05, 4.69) is 27.7 Å². The number of hydrogen-bond acceptors (Lipinski definition) is 29. The van der Waals surface area contributed by atoms with Crippen LogP contribution in [0, 0.1) is 52.3 Å². The Kier molecular flexibility index (Phi) is 20.0. The summed E-state index contributed by atoms with van der Waals surface area (Å²) >= 11 is 0. The third kappa shape index (κ3) is 11.5. The van der Waals surface area contributed by atoms with Crippen LogP contribution in [-0.4, -0.2) is 304 Å². The molecule has 0 aromatic rings. The second-order valence-electron chi connectivity index (χ2n) is 27.3. The maximum Gasteiger partial charge on any atom is 0.187 e. The molecule has 17 N–H and O–H groups in total. The summed E-state index contributed by atoms with van der Waals surface area (Å²) in [6, 6.07) is 0. The van der Waals surface area contributed by atoms with E-state index in [0.717, 1.165) is 44.9 Å². The molecule has 4 saturated carbocycles. The summed E-state index contributed by atoms with van der Waals surface area (Å²) in [7, 11) is 0. The highest BCUT2D eigenvalue weighted by atomic mass is 16.8. The van der Waals surface area contributed by atoms with E-state index >= 15 is 0 Å². The van der Waals surface area contributed by atoms with E-state index in [1.54, 1.807) is 0 Å². The molecule has 29 nitrogen and oxygen atoms in total. The molecule has 0 radical (unpaired) electrons. The molecular formula is C57H94O29. The van der Waals surface area contributed by atoms with Crippen LogP contribution in [-0.2, 0) is 56.8 Å². The molecule has 7 saturated heterocycles. The lowest BCUT2D eigenvalue weighted by Crippen LogP contribution is -2.69. The second kappa shape index (κ2) is 26.0. The molecule has 7 heterocycles. The molecule has 0 aromatic heterocycles. The van der Waals surface area contributed by atoms with Crippen molar-refractivity contribution >= 4 is 0 Å². The zero-order valence-corrected chi connectivity index (χ0v) is 48.8. The first-order valence-electron chi connectivity index (χ1n) is 30.9. The molecule has 86 heavy (non-hydrogen) atoms. The zero-order chi connectivity index (χ0) is 61.8. The minimum Gasteiger partial charge on any atom is -0.394 e. The van der Waals surface area contributed by atoms with E-state index in [1.807, 2.05) is 0 Å². The largest absolute Gasteiger partial charge is 0.394 e. The van der Waals surface area contributed by atoms with Gasteiger partial charge < -0.3 is 144 Å². The summed E-state index contributed by atoms with van der Waals surface area (Å²) < 4.78 is 72.9. The molecular weight excluding hydrogens is 1150 g/mol. The quantitative estimate of drug-likeness (QED) is 0.0679. The highest BCUT2D eigenvalue weighted by molar-refractivity contribution is 5.16. The lowest BCUT2D eigenvalue weighted by Gasteiger charge is -2.62. The molecule has 38 atom stereocenters. The fraction of sp³-hybridized carbons (Fsp3) is 1.00. The highest BCUT2D eigenvalue weighted by Crippen LogP contribution is 2.71. The van der Waals surface area contributed by atoms with Gasteiger partial charge in [-0.3, -0.25) is 0 Å². The van der Waals surface area contributed by atoms with Crippen molar-refractivity contribution in [3.63, 3.8) is 0 Å². The minimum absolute atomic E-state index is 0.0992. The van der Waals surface area contributed by atoms with Crippen molar-refractivity contribution in [2.24, 2.45) is 52.3 Å². The van der Waals surface area contributed by atoms with Gasteiger partial charge in [-0.25, -0.2) is 0 Å². The van der Waals surface area contributed by atoms with Gasteiger partial charge in [-0.15, -0.1) is 0 Å². The molecule has 11 fully saturated rings. The molecule has 496 valence electrons. The topological polar surface area (TPSA) is 455 Å². The van der Waals surface area contributed by atoms with E-state index in [9.17, 15) is 86.8 Å². The van der Waals surface area contributed by atoms with Gasteiger partial charge in [0.2, 0.25) is 0 Å². The SMILES string of the molecule is CC1C2C(CC3C4CC[C@H]5C[C@@H](O[C@@H]6O[C@H](CO)[C@@H](O)[C@H](O[C@@H]7O[C@H](CO)[C@H](O[C@@H]8O[C@H](CO)[C@@H](O)[C@H](O[C@@H]9O[C@H](CO)[C@@H](O)[C@H](O)[C@H]9O)[C@H]8O[C@@H]8O[C@H](CO)[C@@H](O)[C@H](O)[C@H]8O)[C@H](O)[C@H]7O)[C@H]6O)[C@H](O)C[C@]5(C)C4CC[C@@]32C)O[C@]12CC[C@@H](C)CO2. The van der Waals surface area contributed by atoms with Crippen LogP contribution < -0.4 is 0 Å². The predicted molar refractivity (Wildman–Crippen MR) is 282 cm³/mol. The van der Waals surface area contributed by atoms with Gasteiger partial charge in [0, 0.05) is 12.3 Å². The van der Waals surface area contributed by atoms with Crippen LogP contribution in [0.1, 0.15) is 85.5 Å². The van der Waals surface area contributed by atoms with Gasteiger partial charge >= 0.3 is 0 Å². The van der Waals surface area contributed by atoms with E-state index in [4.69, 9.17) is 56.8 Å². The van der Waals surface area contributed by atoms with Crippen LogP contribution in [0.25, 0.3) is 0 Å². The maximum absolute atomic E-state index is 12.1. The maximum atomic E-state index is 12.1. The van der Waals surface area contributed by atoms with Crippen molar-refractivity contribution in [1.29, 1.82) is 0 Å². The Morgan fingerprint density at radius 1 is 0.430 bits per heavy atom. The first-order chi connectivity index (χ1) is 40.9. The Morgan fingerprint density at radius 2 is 0.930 bits per heavy atom. The standard InChI is InChI=1S/C57H94O29/c1-20-7-10-57(75-19-20)21(2)34-28(86-57)12-25-23-6-5-22-11-27(26(63)13-56(22,4)24(23)8-9-55(25,34)3)76-53-45(74)47(37(66)31(16-60)79-53)83-52-44(73)41(70)46(33(18-62)81-52)82-54-49(85-51-43(72)40(69)36(65)30(15-59)78-51)48(38(67)32(17-61)80-54)84-50-42(71)39(68)35(64)29(14-58)77-50/h20-54,58-74H,5-19H2,1-4H3/t20-,21?,22+,23?,24?,25?,26-,27-,28?,29-,30-,31-,32-,33-,34?,35-,36-,37-,38-,39+,40+,41-,42-,43-,44-,45-,46+,47+,48+,49-,50+,51+,52+,53-,54+,55+,56+,57-/m1/s1. The number of rotatable bonds is 15. The van der Waals surface area contributed by atoms with E-state index in [0.29, 0.717) is 49.0 Å². The Morgan fingerprint density at radius 3 is 1.50 bits per heavy atom. The second-order valence-corrected chi connectivity index (χ2v) is 27.3. The molecule has 11 rings (SSSR count). The molecule has 0 amide bonds.